The number of rotatable bonds is 12. The summed E-state index contributed by atoms with van der Waals surface area (Å²) in [6.45, 7) is 4.01. The standard InChI is InChI=1S/C39H46N12/c1-11-13-27-23-29(15-21-37(27)42-46-50(7)8)39(30-16-22-38(43-47-51(9)10)28(24-30)14-12-2)35-25-31(40-44-48(3)4)17-19-33(35)34-20-18-32(26-36(34)39)41-45-49(5)6/h11-26H,1-10H3. The van der Waals surface area contributed by atoms with Crippen LogP contribution in [0, 0.1) is 0 Å². The van der Waals surface area contributed by atoms with Crippen molar-refractivity contribution in [1.82, 2.24) is 20.0 Å². The average molecular weight is 683 g/mol. The van der Waals surface area contributed by atoms with E-state index in [0.29, 0.717) is 0 Å². The summed E-state index contributed by atoms with van der Waals surface area (Å²) in [5.74, 6) is 0. The van der Waals surface area contributed by atoms with E-state index in [-0.39, 0.29) is 0 Å². The number of hydrogen-bond donors (Lipinski definition) is 0. The first-order valence-corrected chi connectivity index (χ1v) is 16.7. The molecular weight excluding hydrogens is 637 g/mol. The van der Waals surface area contributed by atoms with Crippen molar-refractivity contribution in [3.8, 4) is 11.1 Å². The lowest BCUT2D eigenvalue weighted by Gasteiger charge is -2.34. The fraction of sp³-hybridized carbons (Fsp3) is 0.282. The van der Waals surface area contributed by atoms with Gasteiger partial charge in [0.2, 0.25) is 0 Å². The van der Waals surface area contributed by atoms with Gasteiger partial charge in [-0.3, -0.25) is 20.0 Å². The fourth-order valence-corrected chi connectivity index (χ4v) is 6.15. The molecule has 51 heavy (non-hydrogen) atoms. The molecule has 0 fully saturated rings. The Balaban J connectivity index is 1.95. The van der Waals surface area contributed by atoms with E-state index in [2.05, 4.69) is 102 Å². The van der Waals surface area contributed by atoms with Gasteiger partial charge in [-0.2, -0.15) is 0 Å². The molecule has 0 atom stereocenters. The summed E-state index contributed by atoms with van der Waals surface area (Å²) in [6.07, 6.45) is 8.17. The number of benzene rings is 4. The molecule has 0 saturated heterocycles. The largest absolute Gasteiger partial charge is 0.285 e. The normalized spacial score (nSPS) is 15.6. The Morgan fingerprint density at radius 2 is 0.824 bits per heavy atom. The Labute approximate surface area is 300 Å². The van der Waals surface area contributed by atoms with Gasteiger partial charge in [-0.15, -0.1) is 20.5 Å². The Hall–Kier alpha value is -6.04. The highest BCUT2D eigenvalue weighted by atomic mass is 15.5. The van der Waals surface area contributed by atoms with Crippen LogP contribution in [0.15, 0.2) is 126 Å². The fourth-order valence-electron chi connectivity index (χ4n) is 6.15. The average Bonchev–Trinajstić information content (AvgIpc) is 3.38. The third-order valence-electron chi connectivity index (χ3n) is 8.06. The molecule has 0 spiro atoms. The van der Waals surface area contributed by atoms with Crippen molar-refractivity contribution in [2.75, 3.05) is 56.4 Å². The first-order valence-electron chi connectivity index (χ1n) is 16.7. The second kappa shape index (κ2) is 15.7. The van der Waals surface area contributed by atoms with Crippen LogP contribution in [0.3, 0.4) is 0 Å². The maximum absolute atomic E-state index is 4.59. The van der Waals surface area contributed by atoms with Crippen molar-refractivity contribution < 1.29 is 0 Å². The van der Waals surface area contributed by atoms with E-state index in [1.807, 2.05) is 107 Å². The van der Waals surface area contributed by atoms with Gasteiger partial charge < -0.3 is 0 Å². The van der Waals surface area contributed by atoms with E-state index in [1.54, 1.807) is 20.0 Å². The Bertz CT molecular complexity index is 1900. The van der Waals surface area contributed by atoms with Crippen LogP contribution in [0.2, 0.25) is 0 Å². The van der Waals surface area contributed by atoms with Gasteiger partial charge in [0.15, 0.2) is 0 Å². The van der Waals surface area contributed by atoms with Crippen molar-refractivity contribution in [1.29, 1.82) is 0 Å². The quantitative estimate of drug-likeness (QED) is 0.0963. The lowest BCUT2D eigenvalue weighted by atomic mass is 9.67. The number of allylic oxidation sites excluding steroid dienone is 2. The van der Waals surface area contributed by atoms with Crippen molar-refractivity contribution in [3.05, 3.63) is 118 Å². The maximum Gasteiger partial charge on any atom is 0.0946 e. The summed E-state index contributed by atoms with van der Waals surface area (Å²) in [5.41, 5.74) is 10.5. The minimum atomic E-state index is -0.820. The van der Waals surface area contributed by atoms with Crippen LogP contribution in [-0.4, -0.2) is 76.4 Å². The van der Waals surface area contributed by atoms with Gasteiger partial charge >= 0.3 is 0 Å². The van der Waals surface area contributed by atoms with Gasteiger partial charge in [-0.25, -0.2) is 0 Å². The molecule has 4 aromatic carbocycles. The summed E-state index contributed by atoms with van der Waals surface area (Å²) < 4.78 is 0. The van der Waals surface area contributed by atoms with Crippen LogP contribution in [0.5, 0.6) is 0 Å². The Morgan fingerprint density at radius 3 is 1.18 bits per heavy atom. The Morgan fingerprint density at radius 1 is 0.451 bits per heavy atom. The van der Waals surface area contributed by atoms with Gasteiger partial charge in [0, 0.05) is 67.5 Å². The van der Waals surface area contributed by atoms with Crippen LogP contribution in [0.4, 0.5) is 22.7 Å². The summed E-state index contributed by atoms with van der Waals surface area (Å²) in [4.78, 5) is 0. The molecule has 262 valence electrons. The molecule has 0 saturated carbocycles. The first-order chi connectivity index (χ1) is 24.5. The van der Waals surface area contributed by atoms with E-state index in [9.17, 15) is 0 Å². The van der Waals surface area contributed by atoms with E-state index in [0.717, 1.165) is 67.3 Å². The van der Waals surface area contributed by atoms with E-state index >= 15 is 0 Å². The molecule has 0 N–H and O–H groups in total. The highest BCUT2D eigenvalue weighted by Gasteiger charge is 2.47. The molecule has 0 amide bonds. The van der Waals surface area contributed by atoms with Crippen molar-refractivity contribution in [2.45, 2.75) is 19.3 Å². The zero-order valence-electron chi connectivity index (χ0n) is 31.1. The first kappa shape index (κ1) is 36.2. The van der Waals surface area contributed by atoms with E-state index in [4.69, 9.17) is 0 Å². The molecular formula is C39H46N12. The molecule has 0 heterocycles. The van der Waals surface area contributed by atoms with Crippen LogP contribution in [0.1, 0.15) is 47.2 Å². The summed E-state index contributed by atoms with van der Waals surface area (Å²) >= 11 is 0. The molecule has 0 aliphatic heterocycles. The molecule has 4 aromatic rings. The van der Waals surface area contributed by atoms with Gasteiger partial charge in [-0.05, 0) is 95.8 Å². The van der Waals surface area contributed by atoms with Crippen LogP contribution < -0.4 is 0 Å². The predicted molar refractivity (Wildman–Crippen MR) is 206 cm³/mol. The Kier molecular flexibility index (Phi) is 11.1. The second-order valence-corrected chi connectivity index (χ2v) is 12.9. The van der Waals surface area contributed by atoms with Gasteiger partial charge in [0.25, 0.3) is 0 Å². The highest BCUT2D eigenvalue weighted by molar-refractivity contribution is 5.89. The van der Waals surface area contributed by atoms with Gasteiger partial charge in [0.1, 0.15) is 0 Å². The third-order valence-corrected chi connectivity index (χ3v) is 8.06. The zero-order chi connectivity index (χ0) is 36.7. The van der Waals surface area contributed by atoms with Crippen molar-refractivity contribution in [2.24, 2.45) is 41.4 Å². The lowest BCUT2D eigenvalue weighted by molar-refractivity contribution is 0.408. The van der Waals surface area contributed by atoms with Gasteiger partial charge in [0.05, 0.1) is 28.2 Å². The van der Waals surface area contributed by atoms with E-state index in [1.165, 1.54) is 0 Å². The predicted octanol–water partition coefficient (Wildman–Crippen LogP) is 10.4. The van der Waals surface area contributed by atoms with Crippen LogP contribution in [-0.2, 0) is 5.41 Å². The SMILES string of the molecule is CC=Cc1cc(C2(c3ccc(N=NN(C)C)c(C=CC)c3)c3cc(N=NN(C)C)ccc3-c3ccc(N=NN(C)C)cc32)ccc1N=NN(C)C. The topological polar surface area (TPSA) is 112 Å². The van der Waals surface area contributed by atoms with Gasteiger partial charge in [-0.1, -0.05) is 69.5 Å². The lowest BCUT2D eigenvalue weighted by Crippen LogP contribution is -2.29. The molecule has 5 rings (SSSR count). The van der Waals surface area contributed by atoms with Crippen LogP contribution in [0.25, 0.3) is 23.3 Å². The highest BCUT2D eigenvalue weighted by Crippen LogP contribution is 2.58. The monoisotopic (exact) mass is 682 g/mol. The zero-order valence-corrected chi connectivity index (χ0v) is 31.1. The summed E-state index contributed by atoms with van der Waals surface area (Å²) in [5, 5.41) is 42.4. The number of nitrogens with zero attached hydrogens (tertiary/aromatic N) is 12. The second-order valence-electron chi connectivity index (χ2n) is 12.9. The molecule has 1 aliphatic rings. The van der Waals surface area contributed by atoms with E-state index < -0.39 is 5.41 Å². The maximum atomic E-state index is 4.59. The van der Waals surface area contributed by atoms with Crippen molar-refractivity contribution in [3.63, 3.8) is 0 Å². The summed E-state index contributed by atoms with van der Waals surface area (Å²) in [6, 6.07) is 25.4. The van der Waals surface area contributed by atoms with Crippen LogP contribution >= 0.6 is 0 Å². The van der Waals surface area contributed by atoms with Crippen molar-refractivity contribution >= 4 is 34.9 Å². The molecule has 0 aromatic heterocycles. The molecule has 0 radical (unpaired) electrons. The molecule has 12 heteroatoms. The minimum absolute atomic E-state index is 0.738. The third kappa shape index (κ3) is 7.75. The smallest absolute Gasteiger partial charge is 0.0946 e. The number of fused-ring (bicyclic) bond motifs is 3. The molecule has 1 aliphatic carbocycles. The minimum Gasteiger partial charge on any atom is -0.285 e. The molecule has 0 bridgehead atoms. The number of hydrogen-bond acceptors (Lipinski definition) is 8. The summed E-state index contributed by atoms with van der Waals surface area (Å²) in [7, 11) is 14.9. The molecule has 12 nitrogen and oxygen atoms in total. The molecule has 0 unspecified atom stereocenters.